The van der Waals surface area contributed by atoms with Crippen molar-refractivity contribution >= 4 is 23.9 Å². The van der Waals surface area contributed by atoms with Crippen LogP contribution in [0.15, 0.2) is 0 Å². The maximum absolute atomic E-state index is 11.9. The van der Waals surface area contributed by atoms with E-state index in [9.17, 15) is 19.2 Å². The second kappa shape index (κ2) is 4.90. The molecule has 0 aromatic heterocycles. The third kappa shape index (κ3) is 1.94. The molecule has 5 fully saturated rings. The zero-order chi connectivity index (χ0) is 16.6. The Hall–Kier alpha value is -1.72. The molecule has 5 rings (SSSR count). The highest BCUT2D eigenvalue weighted by Gasteiger charge is 2.56. The fourth-order valence-corrected chi connectivity index (χ4v) is 6.21. The predicted molar refractivity (Wildman–Crippen MR) is 77.8 cm³/mol. The predicted octanol–water partition coefficient (Wildman–Crippen LogP) is 1.46. The molecule has 3 saturated carbocycles. The summed E-state index contributed by atoms with van der Waals surface area (Å²) in [5.41, 5.74) is 0. The van der Waals surface area contributed by atoms with Crippen LogP contribution >= 0.6 is 0 Å². The molecule has 2 heterocycles. The maximum Gasteiger partial charge on any atom is 0.317 e. The highest BCUT2D eigenvalue weighted by atomic mass is 16.6. The fourth-order valence-electron chi connectivity index (χ4n) is 6.21. The number of cyclic esters (lactones) is 4. The summed E-state index contributed by atoms with van der Waals surface area (Å²) in [6.45, 7) is 0. The summed E-state index contributed by atoms with van der Waals surface area (Å²) >= 11 is 0. The number of ether oxygens (including phenoxy) is 2. The molecule has 0 radical (unpaired) electrons. The SMILES string of the molecule is O=C1OC(=O)C2CC3CC4CC5C(=O)OC(=O)C5CC4CC3CC12. The number of carbonyl (C=O) groups is 4. The molecule has 24 heavy (non-hydrogen) atoms. The Morgan fingerprint density at radius 2 is 0.708 bits per heavy atom. The minimum Gasteiger partial charge on any atom is -0.393 e. The lowest BCUT2D eigenvalue weighted by molar-refractivity contribution is -0.155. The highest BCUT2D eigenvalue weighted by molar-refractivity contribution is 5.97. The molecule has 8 unspecified atom stereocenters. The van der Waals surface area contributed by atoms with Crippen LogP contribution in [0.3, 0.4) is 0 Å². The topological polar surface area (TPSA) is 86.7 Å². The van der Waals surface area contributed by atoms with E-state index in [4.69, 9.17) is 9.47 Å². The molecule has 0 amide bonds. The Morgan fingerprint density at radius 3 is 0.958 bits per heavy atom. The molecule has 0 spiro atoms. The Balaban J connectivity index is 1.36. The van der Waals surface area contributed by atoms with Gasteiger partial charge in [-0.25, -0.2) is 0 Å². The van der Waals surface area contributed by atoms with Gasteiger partial charge in [-0.05, 0) is 62.2 Å². The van der Waals surface area contributed by atoms with Crippen molar-refractivity contribution in [3.63, 3.8) is 0 Å². The van der Waals surface area contributed by atoms with Crippen molar-refractivity contribution in [1.29, 1.82) is 0 Å². The molecule has 0 N–H and O–H groups in total. The fraction of sp³-hybridized carbons (Fsp3) is 0.778. The van der Waals surface area contributed by atoms with Gasteiger partial charge in [-0.2, -0.15) is 0 Å². The third-order valence-electron chi connectivity index (χ3n) is 7.36. The van der Waals surface area contributed by atoms with Crippen molar-refractivity contribution < 1.29 is 28.7 Å². The van der Waals surface area contributed by atoms with Crippen LogP contribution in [-0.4, -0.2) is 23.9 Å². The van der Waals surface area contributed by atoms with Gasteiger partial charge in [0.25, 0.3) is 0 Å². The van der Waals surface area contributed by atoms with E-state index in [1.165, 1.54) is 0 Å². The molecule has 5 aliphatic rings. The lowest BCUT2D eigenvalue weighted by Crippen LogP contribution is -2.44. The first-order valence-corrected chi connectivity index (χ1v) is 9.02. The van der Waals surface area contributed by atoms with Gasteiger partial charge in [-0.3, -0.25) is 19.2 Å². The van der Waals surface area contributed by atoms with E-state index in [2.05, 4.69) is 0 Å². The van der Waals surface area contributed by atoms with E-state index in [0.717, 1.165) is 38.5 Å². The molecular formula is C18H20O6. The lowest BCUT2D eigenvalue weighted by Gasteiger charge is -2.48. The molecular weight excluding hydrogens is 312 g/mol. The number of hydrogen-bond donors (Lipinski definition) is 0. The molecule has 0 aromatic rings. The van der Waals surface area contributed by atoms with Gasteiger partial charge < -0.3 is 9.47 Å². The molecule has 128 valence electrons. The van der Waals surface area contributed by atoms with Gasteiger partial charge in [0, 0.05) is 0 Å². The normalized spacial score (nSPS) is 49.7. The van der Waals surface area contributed by atoms with Crippen molar-refractivity contribution in [3.05, 3.63) is 0 Å². The van der Waals surface area contributed by atoms with Gasteiger partial charge >= 0.3 is 23.9 Å². The quantitative estimate of drug-likeness (QED) is 0.493. The first kappa shape index (κ1) is 14.6. The van der Waals surface area contributed by atoms with E-state index in [0.29, 0.717) is 23.7 Å². The summed E-state index contributed by atoms with van der Waals surface area (Å²) in [6.07, 6.45) is 4.93. The summed E-state index contributed by atoms with van der Waals surface area (Å²) in [6, 6.07) is 0. The average Bonchev–Trinajstić information content (AvgIpc) is 2.98. The minimum atomic E-state index is -0.348. The van der Waals surface area contributed by atoms with E-state index >= 15 is 0 Å². The zero-order valence-corrected chi connectivity index (χ0v) is 13.3. The van der Waals surface area contributed by atoms with Crippen LogP contribution in [0.1, 0.15) is 38.5 Å². The van der Waals surface area contributed by atoms with Crippen LogP contribution in [0.25, 0.3) is 0 Å². The number of rotatable bonds is 0. The number of carbonyl (C=O) groups excluding carboxylic acids is 4. The van der Waals surface area contributed by atoms with Crippen molar-refractivity contribution in [3.8, 4) is 0 Å². The largest absolute Gasteiger partial charge is 0.393 e. The monoisotopic (exact) mass is 332 g/mol. The molecule has 0 aromatic carbocycles. The standard InChI is InChI=1S/C18H20O6/c19-15-11-3-7-1-8-4-12-14(18(22)24-16(12)20)6-10(8)2-9(7)5-13(11)17(21)23-15/h7-14H,1-6H2. The van der Waals surface area contributed by atoms with Gasteiger partial charge in [-0.15, -0.1) is 0 Å². The zero-order valence-electron chi connectivity index (χ0n) is 13.3. The highest BCUT2D eigenvalue weighted by Crippen LogP contribution is 2.56. The minimum absolute atomic E-state index is 0.260. The molecule has 2 aliphatic heterocycles. The van der Waals surface area contributed by atoms with Crippen LogP contribution < -0.4 is 0 Å². The molecule has 6 heteroatoms. The van der Waals surface area contributed by atoms with Crippen LogP contribution in [-0.2, 0) is 28.7 Å². The number of esters is 4. The van der Waals surface area contributed by atoms with E-state index in [1.807, 2.05) is 0 Å². The van der Waals surface area contributed by atoms with Crippen LogP contribution in [0, 0.1) is 47.3 Å². The van der Waals surface area contributed by atoms with Gasteiger partial charge in [-0.1, -0.05) is 0 Å². The maximum atomic E-state index is 11.9. The van der Waals surface area contributed by atoms with E-state index in [1.54, 1.807) is 0 Å². The van der Waals surface area contributed by atoms with Crippen LogP contribution in [0.4, 0.5) is 0 Å². The van der Waals surface area contributed by atoms with Gasteiger partial charge in [0.15, 0.2) is 0 Å². The summed E-state index contributed by atoms with van der Waals surface area (Å²) in [7, 11) is 0. The Kier molecular flexibility index (Phi) is 2.98. The van der Waals surface area contributed by atoms with Crippen LogP contribution in [0.5, 0.6) is 0 Å². The van der Waals surface area contributed by atoms with Gasteiger partial charge in [0.05, 0.1) is 23.7 Å². The molecule has 6 nitrogen and oxygen atoms in total. The summed E-state index contributed by atoms with van der Waals surface area (Å²) in [5.74, 6) is -0.724. The summed E-state index contributed by atoms with van der Waals surface area (Å²) in [4.78, 5) is 47.5. The first-order valence-electron chi connectivity index (χ1n) is 9.02. The van der Waals surface area contributed by atoms with Crippen molar-refractivity contribution in [2.45, 2.75) is 38.5 Å². The molecule has 2 saturated heterocycles. The third-order valence-corrected chi connectivity index (χ3v) is 7.36. The second-order valence-corrected chi connectivity index (χ2v) is 8.36. The van der Waals surface area contributed by atoms with Crippen molar-refractivity contribution in [2.75, 3.05) is 0 Å². The lowest BCUT2D eigenvalue weighted by atomic mass is 9.54. The molecule has 0 bridgehead atoms. The smallest absolute Gasteiger partial charge is 0.317 e. The first-order chi connectivity index (χ1) is 11.5. The number of fused-ring (bicyclic) bond motifs is 4. The Labute approximate surface area is 139 Å². The van der Waals surface area contributed by atoms with Crippen molar-refractivity contribution in [2.24, 2.45) is 47.3 Å². The number of hydrogen-bond acceptors (Lipinski definition) is 6. The Morgan fingerprint density at radius 1 is 0.458 bits per heavy atom. The second-order valence-electron chi connectivity index (χ2n) is 8.36. The van der Waals surface area contributed by atoms with E-state index < -0.39 is 0 Å². The van der Waals surface area contributed by atoms with Gasteiger partial charge in [0.1, 0.15) is 0 Å². The molecule has 8 atom stereocenters. The molecule has 3 aliphatic carbocycles. The van der Waals surface area contributed by atoms with Crippen molar-refractivity contribution in [1.82, 2.24) is 0 Å². The summed E-state index contributed by atoms with van der Waals surface area (Å²) in [5, 5.41) is 0. The van der Waals surface area contributed by atoms with Crippen LogP contribution in [0.2, 0.25) is 0 Å². The van der Waals surface area contributed by atoms with Gasteiger partial charge in [0.2, 0.25) is 0 Å². The van der Waals surface area contributed by atoms with E-state index in [-0.39, 0.29) is 47.5 Å². The average molecular weight is 332 g/mol. The Bertz CT molecular complexity index is 546. The summed E-state index contributed by atoms with van der Waals surface area (Å²) < 4.78 is 9.68.